The predicted molar refractivity (Wildman–Crippen MR) is 112 cm³/mol. The van der Waals surface area contributed by atoms with Crippen molar-refractivity contribution in [1.29, 1.82) is 0 Å². The summed E-state index contributed by atoms with van der Waals surface area (Å²) in [6.45, 7) is 1.81. The van der Waals surface area contributed by atoms with E-state index in [1.54, 1.807) is 45.4 Å². The summed E-state index contributed by atoms with van der Waals surface area (Å²) in [5, 5.41) is 11.4. The van der Waals surface area contributed by atoms with Crippen molar-refractivity contribution in [2.24, 2.45) is 7.05 Å². The summed E-state index contributed by atoms with van der Waals surface area (Å²) in [5.41, 5.74) is 1.14. The van der Waals surface area contributed by atoms with Crippen LogP contribution in [0.5, 0.6) is 11.5 Å². The largest absolute Gasteiger partial charge is 0.461 e. The summed E-state index contributed by atoms with van der Waals surface area (Å²) < 4.78 is 11.7. The fourth-order valence-electron chi connectivity index (χ4n) is 2.96. The molecule has 0 spiro atoms. The molecule has 1 N–H and O–H groups in total. The first-order chi connectivity index (χ1) is 14.8. The maximum absolute atomic E-state index is 12.7. The Bertz CT molecular complexity index is 1270. The van der Waals surface area contributed by atoms with Gasteiger partial charge in [-0.05, 0) is 37.3 Å². The lowest BCUT2D eigenvalue weighted by atomic mass is 10.1. The summed E-state index contributed by atoms with van der Waals surface area (Å²) in [4.78, 5) is 31.7. The molecule has 3 heterocycles. The zero-order chi connectivity index (χ0) is 22.1. The van der Waals surface area contributed by atoms with E-state index in [1.165, 1.54) is 22.1 Å². The summed E-state index contributed by atoms with van der Waals surface area (Å²) in [6.07, 6.45) is 2.91. The van der Waals surface area contributed by atoms with Gasteiger partial charge in [-0.25, -0.2) is 4.98 Å². The van der Waals surface area contributed by atoms with Crippen molar-refractivity contribution in [3.8, 4) is 11.5 Å². The molecule has 4 aromatic rings. The van der Waals surface area contributed by atoms with Crippen molar-refractivity contribution < 1.29 is 18.7 Å². The highest BCUT2D eigenvalue weighted by Gasteiger charge is 2.17. The standard InChI is InChI=1S/C21H20N6O4/c1-12-7-15-17(30-12)8-13(20(28)24-19-11-23-27(4)25-19)9-18(15)31-14-5-6-16(22-10-14)21(29)26(2)3/h5-11H,1-4H3,(H,24,25,28). The highest BCUT2D eigenvalue weighted by Crippen LogP contribution is 2.33. The molecule has 0 atom stereocenters. The summed E-state index contributed by atoms with van der Waals surface area (Å²) in [6, 6.07) is 8.31. The van der Waals surface area contributed by atoms with E-state index in [0.29, 0.717) is 45.3 Å². The monoisotopic (exact) mass is 420 g/mol. The van der Waals surface area contributed by atoms with Gasteiger partial charge in [0.25, 0.3) is 11.8 Å². The molecule has 0 aliphatic carbocycles. The lowest BCUT2D eigenvalue weighted by molar-refractivity contribution is 0.0821. The first-order valence-corrected chi connectivity index (χ1v) is 9.37. The molecule has 0 saturated heterocycles. The minimum atomic E-state index is -0.383. The number of fused-ring (bicyclic) bond motifs is 1. The Morgan fingerprint density at radius 2 is 1.97 bits per heavy atom. The maximum Gasteiger partial charge on any atom is 0.271 e. The van der Waals surface area contributed by atoms with Crippen LogP contribution < -0.4 is 10.1 Å². The second-order valence-electron chi connectivity index (χ2n) is 7.10. The first kappa shape index (κ1) is 20.1. The average Bonchev–Trinajstić information content (AvgIpc) is 3.32. The predicted octanol–water partition coefficient (Wildman–Crippen LogP) is 3.01. The van der Waals surface area contributed by atoms with Crippen LogP contribution in [0.2, 0.25) is 0 Å². The lowest BCUT2D eigenvalue weighted by Gasteiger charge is -2.11. The molecule has 31 heavy (non-hydrogen) atoms. The number of benzene rings is 1. The number of amides is 2. The zero-order valence-corrected chi connectivity index (χ0v) is 17.4. The molecule has 158 valence electrons. The first-order valence-electron chi connectivity index (χ1n) is 9.37. The van der Waals surface area contributed by atoms with Gasteiger partial charge < -0.3 is 19.4 Å². The van der Waals surface area contributed by atoms with Crippen molar-refractivity contribution in [3.05, 3.63) is 59.7 Å². The van der Waals surface area contributed by atoms with Crippen LogP contribution in [-0.4, -0.2) is 50.8 Å². The highest BCUT2D eigenvalue weighted by molar-refractivity contribution is 6.06. The van der Waals surface area contributed by atoms with Crippen molar-refractivity contribution in [2.75, 3.05) is 19.4 Å². The van der Waals surface area contributed by atoms with E-state index in [0.717, 1.165) is 0 Å². The van der Waals surface area contributed by atoms with E-state index >= 15 is 0 Å². The van der Waals surface area contributed by atoms with Crippen LogP contribution in [0.1, 0.15) is 26.6 Å². The number of carbonyl (C=O) groups excluding carboxylic acids is 2. The van der Waals surface area contributed by atoms with Crippen LogP contribution in [0, 0.1) is 6.92 Å². The Balaban J connectivity index is 1.65. The molecule has 3 aromatic heterocycles. The number of anilines is 1. The number of ether oxygens (including phenoxy) is 1. The Kier molecular flexibility index (Phi) is 5.12. The molecule has 0 unspecified atom stereocenters. The van der Waals surface area contributed by atoms with Gasteiger partial charge >= 0.3 is 0 Å². The van der Waals surface area contributed by atoms with Crippen molar-refractivity contribution in [1.82, 2.24) is 24.9 Å². The molecule has 4 rings (SSSR count). The van der Waals surface area contributed by atoms with Crippen molar-refractivity contribution >= 4 is 28.6 Å². The summed E-state index contributed by atoms with van der Waals surface area (Å²) >= 11 is 0. The molecule has 0 aliphatic heterocycles. The molecule has 0 saturated carbocycles. The van der Waals surface area contributed by atoms with Crippen LogP contribution in [-0.2, 0) is 7.05 Å². The quantitative estimate of drug-likeness (QED) is 0.528. The minimum absolute atomic E-state index is 0.206. The fraction of sp³-hybridized carbons (Fsp3) is 0.190. The minimum Gasteiger partial charge on any atom is -0.461 e. The highest BCUT2D eigenvalue weighted by atomic mass is 16.5. The number of carbonyl (C=O) groups is 2. The maximum atomic E-state index is 12.7. The molecular formula is C21H20N6O4. The van der Waals surface area contributed by atoms with Gasteiger partial charge in [0.1, 0.15) is 28.5 Å². The number of nitrogens with one attached hydrogen (secondary N) is 1. The summed E-state index contributed by atoms with van der Waals surface area (Å²) in [5.74, 6) is 1.26. The van der Waals surface area contributed by atoms with Gasteiger partial charge in [0.15, 0.2) is 5.82 Å². The normalized spacial score (nSPS) is 10.8. The van der Waals surface area contributed by atoms with Gasteiger partial charge in [0.05, 0.1) is 17.8 Å². The Hall–Kier alpha value is -4.21. The topological polar surface area (TPSA) is 115 Å². The third kappa shape index (κ3) is 4.22. The van der Waals surface area contributed by atoms with Gasteiger partial charge in [0.2, 0.25) is 0 Å². The van der Waals surface area contributed by atoms with Crippen LogP contribution >= 0.6 is 0 Å². The van der Waals surface area contributed by atoms with Gasteiger partial charge in [0, 0.05) is 26.7 Å². The van der Waals surface area contributed by atoms with Crippen molar-refractivity contribution in [2.45, 2.75) is 6.92 Å². The molecule has 10 heteroatoms. The fourth-order valence-corrected chi connectivity index (χ4v) is 2.96. The van der Waals surface area contributed by atoms with Crippen LogP contribution in [0.25, 0.3) is 11.0 Å². The molecular weight excluding hydrogens is 400 g/mol. The third-order valence-corrected chi connectivity index (χ3v) is 4.42. The number of rotatable bonds is 5. The number of hydrogen-bond acceptors (Lipinski definition) is 7. The van der Waals surface area contributed by atoms with Crippen LogP contribution in [0.15, 0.2) is 47.1 Å². The van der Waals surface area contributed by atoms with E-state index in [-0.39, 0.29) is 11.8 Å². The Labute approximate surface area is 177 Å². The number of nitrogens with zero attached hydrogens (tertiary/aromatic N) is 5. The van der Waals surface area contributed by atoms with Gasteiger partial charge in [-0.3, -0.25) is 9.59 Å². The van der Waals surface area contributed by atoms with E-state index in [4.69, 9.17) is 9.15 Å². The molecule has 0 bridgehead atoms. The number of pyridine rings is 1. The van der Waals surface area contributed by atoms with Crippen LogP contribution in [0.4, 0.5) is 5.82 Å². The average molecular weight is 420 g/mol. The smallest absolute Gasteiger partial charge is 0.271 e. The third-order valence-electron chi connectivity index (χ3n) is 4.42. The molecule has 0 fully saturated rings. The molecule has 0 radical (unpaired) electrons. The summed E-state index contributed by atoms with van der Waals surface area (Å²) in [7, 11) is 4.97. The van der Waals surface area contributed by atoms with E-state index < -0.39 is 0 Å². The molecule has 2 amide bonds. The van der Waals surface area contributed by atoms with E-state index in [9.17, 15) is 9.59 Å². The van der Waals surface area contributed by atoms with Crippen LogP contribution in [0.3, 0.4) is 0 Å². The van der Waals surface area contributed by atoms with Gasteiger partial charge in [-0.2, -0.15) is 9.90 Å². The van der Waals surface area contributed by atoms with E-state index in [1.807, 2.05) is 13.0 Å². The Morgan fingerprint density at radius 1 is 1.16 bits per heavy atom. The number of aromatic nitrogens is 4. The zero-order valence-electron chi connectivity index (χ0n) is 17.4. The van der Waals surface area contributed by atoms with E-state index in [2.05, 4.69) is 20.5 Å². The second kappa shape index (κ2) is 7.90. The Morgan fingerprint density at radius 3 is 2.61 bits per heavy atom. The second-order valence-corrected chi connectivity index (χ2v) is 7.10. The van der Waals surface area contributed by atoms with Gasteiger partial charge in [-0.15, -0.1) is 5.10 Å². The lowest BCUT2D eigenvalue weighted by Crippen LogP contribution is -2.22. The molecule has 0 aliphatic rings. The SMILES string of the molecule is Cc1cc2c(Oc3ccc(C(=O)N(C)C)nc3)cc(C(=O)Nc3cnn(C)n3)cc2o1. The number of furan rings is 1. The van der Waals surface area contributed by atoms with Gasteiger partial charge in [-0.1, -0.05) is 0 Å². The number of aryl methyl sites for hydroxylation is 2. The molecule has 10 nitrogen and oxygen atoms in total. The van der Waals surface area contributed by atoms with Crippen molar-refractivity contribution in [3.63, 3.8) is 0 Å². The molecule has 1 aromatic carbocycles. The number of hydrogen-bond donors (Lipinski definition) is 1.